The zero-order chi connectivity index (χ0) is 58.6. The van der Waals surface area contributed by atoms with Crippen molar-refractivity contribution in [2.75, 3.05) is 35.1 Å². The van der Waals surface area contributed by atoms with Gasteiger partial charge in [-0.2, -0.15) is 8.42 Å². The summed E-state index contributed by atoms with van der Waals surface area (Å²) in [6.45, 7) is 10.8. The SMILES string of the molecule is COc1cc2c(cc1OCc1cc(COc3cc4c(cc3C)C(=O)N3c5ccccc5C[C@H]3C(S(=O)(=O)OC)C4)cc(NC(=O)[C@H](C)CC(=O)[C@H](C)NC(=O)CCC(C)(C)SSCCCC(C)=O)c1)CC[C@@H]1Cc3ccccc3N1C2=O. The molecule has 0 saturated heterocycles. The molecular weight excluding hydrogens is 1100 g/mol. The fraction of sp³-hybridized carbons (Fsp3) is 0.429. The van der Waals surface area contributed by atoms with Crippen molar-refractivity contribution in [1.82, 2.24) is 5.32 Å². The van der Waals surface area contributed by atoms with E-state index >= 15 is 0 Å². The van der Waals surface area contributed by atoms with Crippen molar-refractivity contribution in [1.29, 1.82) is 0 Å². The van der Waals surface area contributed by atoms with E-state index in [0.717, 1.165) is 54.5 Å². The predicted octanol–water partition coefficient (Wildman–Crippen LogP) is 10.5. The van der Waals surface area contributed by atoms with Gasteiger partial charge in [0.1, 0.15) is 30.0 Å². The Bertz CT molecular complexity index is 3420. The number of anilines is 3. The van der Waals surface area contributed by atoms with E-state index in [1.165, 1.54) is 7.11 Å². The Morgan fingerprint density at radius 3 is 2.07 bits per heavy atom. The number of ether oxygens (including phenoxy) is 3. The van der Waals surface area contributed by atoms with Gasteiger partial charge in [0.25, 0.3) is 21.9 Å². The third-order valence-electron chi connectivity index (χ3n) is 15.9. The summed E-state index contributed by atoms with van der Waals surface area (Å²) in [6.07, 6.45) is 4.60. The quantitative estimate of drug-likeness (QED) is 0.0335. The number of aryl methyl sites for hydroxylation is 2. The number of Topliss-reactive ketones (excluding diaryl/α,β-unsaturated/α-hetero) is 2. The summed E-state index contributed by atoms with van der Waals surface area (Å²) >= 11 is 0. The lowest BCUT2D eigenvalue weighted by Gasteiger charge is -2.28. The third kappa shape index (κ3) is 13.5. The number of nitrogens with zero attached hydrogens (tertiary/aromatic N) is 2. The van der Waals surface area contributed by atoms with Gasteiger partial charge < -0.3 is 39.4 Å². The summed E-state index contributed by atoms with van der Waals surface area (Å²) < 4.78 is 51.1. The molecule has 4 heterocycles. The van der Waals surface area contributed by atoms with Crippen molar-refractivity contribution >= 4 is 84.0 Å². The first-order valence-corrected chi connectivity index (χ1v) is 31.7. The Morgan fingerprint density at radius 2 is 1.39 bits per heavy atom. The lowest BCUT2D eigenvalue weighted by atomic mass is 9.97. The molecule has 5 aromatic rings. The maximum atomic E-state index is 14.5. The van der Waals surface area contributed by atoms with Crippen LogP contribution in [0.4, 0.5) is 17.1 Å². The third-order valence-corrected chi connectivity index (χ3v) is 21.0. The number of carbonyl (C=O) groups excluding carboxylic acids is 6. The maximum Gasteiger partial charge on any atom is 0.272 e. The Kier molecular flexibility index (Phi) is 18.6. The van der Waals surface area contributed by atoms with Crippen LogP contribution in [0.1, 0.15) is 133 Å². The monoisotopic (exact) mass is 1170 g/mol. The number of ketones is 2. The minimum absolute atomic E-state index is 0.00728. The van der Waals surface area contributed by atoms with E-state index in [4.69, 9.17) is 18.4 Å². The van der Waals surface area contributed by atoms with Crippen molar-refractivity contribution < 1.29 is 55.6 Å². The first-order chi connectivity index (χ1) is 39.1. The van der Waals surface area contributed by atoms with Crippen LogP contribution in [0.5, 0.6) is 17.2 Å². The van der Waals surface area contributed by atoms with Crippen LogP contribution >= 0.6 is 21.6 Å². The lowest BCUT2D eigenvalue weighted by molar-refractivity contribution is -0.129. The lowest BCUT2D eigenvalue weighted by Crippen LogP contribution is -2.47. The average Bonchev–Trinajstić information content (AvgIpc) is 2.65. The first-order valence-electron chi connectivity index (χ1n) is 27.9. The molecule has 0 radical (unpaired) electrons. The molecule has 0 bridgehead atoms. The second-order valence-electron chi connectivity index (χ2n) is 22.5. The number of fused-ring (bicyclic) bond motifs is 8. The molecule has 0 spiro atoms. The fourth-order valence-corrected chi connectivity index (χ4v) is 15.3. The van der Waals surface area contributed by atoms with Gasteiger partial charge in [-0.25, -0.2) is 0 Å². The van der Waals surface area contributed by atoms with Gasteiger partial charge >= 0.3 is 0 Å². The summed E-state index contributed by atoms with van der Waals surface area (Å²) in [6, 6.07) is 26.5. The predicted molar refractivity (Wildman–Crippen MR) is 321 cm³/mol. The van der Waals surface area contributed by atoms with Crippen LogP contribution in [0.3, 0.4) is 0 Å². The molecular formula is C63H72N4O12S3. The highest BCUT2D eigenvalue weighted by Gasteiger charge is 2.48. The molecule has 9 rings (SSSR count). The highest BCUT2D eigenvalue weighted by molar-refractivity contribution is 8.77. The molecule has 0 saturated carbocycles. The molecule has 0 aromatic heterocycles. The van der Waals surface area contributed by atoms with Gasteiger partial charge in [-0.05, 0) is 173 Å². The summed E-state index contributed by atoms with van der Waals surface area (Å²) in [5, 5.41) is 4.76. The second-order valence-corrected chi connectivity index (χ2v) is 27.6. The molecule has 5 atom stereocenters. The van der Waals surface area contributed by atoms with E-state index in [9.17, 15) is 37.2 Å². The van der Waals surface area contributed by atoms with Crippen molar-refractivity contribution in [3.8, 4) is 17.2 Å². The van der Waals surface area contributed by atoms with Gasteiger partial charge in [-0.3, -0.25) is 28.2 Å². The van der Waals surface area contributed by atoms with Crippen LogP contribution in [0, 0.1) is 12.8 Å². The zero-order valence-corrected chi connectivity index (χ0v) is 50.2. The average molecular weight is 1170 g/mol. The van der Waals surface area contributed by atoms with Crippen LogP contribution in [-0.4, -0.2) is 91.7 Å². The van der Waals surface area contributed by atoms with Crippen LogP contribution in [0.25, 0.3) is 0 Å². The van der Waals surface area contributed by atoms with Crippen molar-refractivity contribution in [3.05, 3.63) is 141 Å². The molecule has 1 unspecified atom stereocenters. The number of amides is 4. The maximum absolute atomic E-state index is 14.5. The molecule has 0 aliphatic carbocycles. The Balaban J connectivity index is 0.923. The molecule has 82 heavy (non-hydrogen) atoms. The van der Waals surface area contributed by atoms with Gasteiger partial charge in [0.05, 0.1) is 26.3 Å². The summed E-state index contributed by atoms with van der Waals surface area (Å²) in [7, 11) is 1.91. The fourth-order valence-electron chi connectivity index (χ4n) is 11.4. The minimum Gasteiger partial charge on any atom is -0.493 e. The summed E-state index contributed by atoms with van der Waals surface area (Å²) in [5.41, 5.74) is 8.25. The largest absolute Gasteiger partial charge is 0.493 e. The highest BCUT2D eigenvalue weighted by atomic mass is 33.1. The molecule has 4 amide bonds. The molecule has 4 aliphatic heterocycles. The van der Waals surface area contributed by atoms with Gasteiger partial charge in [-0.15, -0.1) is 0 Å². The van der Waals surface area contributed by atoms with Crippen LogP contribution < -0.4 is 34.6 Å². The summed E-state index contributed by atoms with van der Waals surface area (Å²) in [4.78, 5) is 84.0. The van der Waals surface area contributed by atoms with E-state index in [1.54, 1.807) is 77.6 Å². The van der Waals surface area contributed by atoms with Gasteiger partial charge in [0.2, 0.25) is 11.8 Å². The van der Waals surface area contributed by atoms with E-state index < -0.39 is 39.3 Å². The molecule has 5 aromatic carbocycles. The Labute approximate surface area is 488 Å². The number of benzene rings is 5. The normalized spacial score (nSPS) is 17.9. The highest BCUT2D eigenvalue weighted by Crippen LogP contribution is 2.44. The minimum atomic E-state index is -4.12. The number of para-hydroxylation sites is 2. The van der Waals surface area contributed by atoms with Crippen molar-refractivity contribution in [3.63, 3.8) is 0 Å². The number of nitrogens with one attached hydrogen (secondary N) is 2. The molecule has 19 heteroatoms. The topological polar surface area (TPSA) is 204 Å². The second kappa shape index (κ2) is 25.4. The van der Waals surface area contributed by atoms with E-state index in [-0.39, 0.29) is 72.6 Å². The molecule has 4 aliphatic rings. The molecule has 0 fully saturated rings. The Morgan fingerprint density at radius 1 is 0.756 bits per heavy atom. The number of carbonyl (C=O) groups is 6. The van der Waals surface area contributed by atoms with Crippen LogP contribution in [0.15, 0.2) is 91.0 Å². The number of methoxy groups -OCH3 is 1. The van der Waals surface area contributed by atoms with E-state index in [2.05, 4.69) is 30.5 Å². The Hall–Kier alpha value is -6.67. The number of rotatable bonds is 24. The van der Waals surface area contributed by atoms with E-state index in [1.807, 2.05) is 66.4 Å². The van der Waals surface area contributed by atoms with Crippen LogP contribution in [-0.2, 0) is 72.4 Å². The summed E-state index contributed by atoms with van der Waals surface area (Å²) in [5.74, 6) is 0.105. The van der Waals surface area contributed by atoms with Crippen molar-refractivity contribution in [2.45, 2.75) is 147 Å². The number of hydrogen-bond acceptors (Lipinski definition) is 14. The molecule has 434 valence electrons. The van der Waals surface area contributed by atoms with E-state index in [0.29, 0.717) is 87.7 Å². The van der Waals surface area contributed by atoms with Crippen LogP contribution in [0.2, 0.25) is 0 Å². The zero-order valence-electron chi connectivity index (χ0n) is 47.8. The van der Waals surface area contributed by atoms with Crippen molar-refractivity contribution in [2.24, 2.45) is 5.92 Å². The molecule has 2 N–H and O–H groups in total. The first kappa shape index (κ1) is 59.9. The van der Waals surface area contributed by atoms with Gasteiger partial charge in [0, 0.05) is 69.9 Å². The van der Waals surface area contributed by atoms with Gasteiger partial charge in [-0.1, -0.05) is 64.9 Å². The standard InChI is InChI=1S/C63H72N4O12S3/c1-37-24-49-46(33-58(82(74,75)77-8)53-30-45-16-10-12-18-52(45)67(53)62(49)73)32-55(37)78-35-41-26-42(36-79-57-31-43-19-20-48-29-44-15-9-11-17-51(44)66(48)61(72)50(43)34-56(57)76-7)28-47(27-41)65-60(71)38(2)25-54(69)40(4)64-59(70)21-22-63(5,6)81-80-23-13-14-39(3)68/h9-12,15-18,24,26-28,31-32,34,38,40,48,53,58H,13-14,19-23,25,29-30,33,35-36H2,1-8H3,(H,64,70)(H,65,71)/t38-,40+,48-,53+,58?/m1/s1. The smallest absolute Gasteiger partial charge is 0.272 e. The van der Waals surface area contributed by atoms with Gasteiger partial charge in [0.15, 0.2) is 17.3 Å². The molecule has 16 nitrogen and oxygen atoms in total. The number of hydrogen-bond donors (Lipinski definition) is 2.